The van der Waals surface area contributed by atoms with Gasteiger partial charge >= 0.3 is 5.97 Å². The monoisotopic (exact) mass is 573 g/mol. The van der Waals surface area contributed by atoms with E-state index in [1.54, 1.807) is 12.1 Å². The van der Waals surface area contributed by atoms with Crippen LogP contribution in [0, 0.1) is 6.92 Å². The Morgan fingerprint density at radius 2 is 1.66 bits per heavy atom. The van der Waals surface area contributed by atoms with Crippen LogP contribution >= 0.6 is 11.3 Å². The molecule has 0 saturated heterocycles. The van der Waals surface area contributed by atoms with Gasteiger partial charge in [-0.1, -0.05) is 35.1 Å². The number of carbonyl (C=O) groups is 2. The van der Waals surface area contributed by atoms with E-state index in [2.05, 4.69) is 9.71 Å². The van der Waals surface area contributed by atoms with E-state index in [1.165, 1.54) is 66.3 Å². The number of thiazole rings is 1. The molecule has 0 aliphatic heterocycles. The zero-order valence-corrected chi connectivity index (χ0v) is 23.0. The van der Waals surface area contributed by atoms with Gasteiger partial charge in [0.15, 0.2) is 14.6 Å². The fraction of sp³-hybridized carbons (Fsp3) is 0.160. The van der Waals surface area contributed by atoms with Crippen LogP contribution in [0.5, 0.6) is 0 Å². The molecule has 0 aliphatic rings. The second-order valence-corrected chi connectivity index (χ2v) is 13.1. The average Bonchev–Trinajstić information content (AvgIpc) is 3.19. The van der Waals surface area contributed by atoms with Gasteiger partial charge in [-0.05, 0) is 55.5 Å². The quantitative estimate of drug-likeness (QED) is 0.335. The van der Waals surface area contributed by atoms with Crippen LogP contribution in [0.25, 0.3) is 10.2 Å². The molecule has 198 valence electrons. The van der Waals surface area contributed by atoms with Crippen LogP contribution in [0.3, 0.4) is 0 Å². The van der Waals surface area contributed by atoms with Crippen molar-refractivity contribution in [1.29, 1.82) is 0 Å². The van der Waals surface area contributed by atoms with Gasteiger partial charge in [0.05, 0.1) is 27.1 Å². The molecule has 0 radical (unpaired) electrons. The summed E-state index contributed by atoms with van der Waals surface area (Å²) in [5.74, 6) is -1.27. The number of fused-ring (bicyclic) bond motifs is 1. The van der Waals surface area contributed by atoms with Crippen molar-refractivity contribution < 1.29 is 31.2 Å². The van der Waals surface area contributed by atoms with Crippen molar-refractivity contribution in [2.45, 2.75) is 23.3 Å². The third-order valence-corrected chi connectivity index (χ3v) is 9.04. The molecule has 1 N–H and O–H groups in total. The minimum absolute atomic E-state index is 0.0760. The fourth-order valence-electron chi connectivity index (χ4n) is 3.51. The smallest absolute Gasteiger partial charge is 0.325 e. The molecule has 4 rings (SSSR count). The lowest BCUT2D eigenvalue weighted by Gasteiger charge is -2.09. The maximum Gasteiger partial charge on any atom is 0.325 e. The van der Waals surface area contributed by atoms with E-state index in [0.29, 0.717) is 10.2 Å². The first-order valence-corrected chi connectivity index (χ1v) is 15.3. The molecule has 4 aromatic rings. The Kier molecular flexibility index (Phi) is 7.54. The first kappa shape index (κ1) is 27.2. The van der Waals surface area contributed by atoms with Crippen molar-refractivity contribution in [3.63, 3.8) is 0 Å². The number of rotatable bonds is 7. The molecule has 0 aliphatic carbocycles. The maximum atomic E-state index is 13.1. The Balaban J connectivity index is 1.72. The number of ether oxygens (including phenoxy) is 1. The number of anilines is 1. The average molecular weight is 574 g/mol. The van der Waals surface area contributed by atoms with E-state index in [4.69, 9.17) is 4.74 Å². The number of aryl methyl sites for hydroxylation is 1. The van der Waals surface area contributed by atoms with Gasteiger partial charge in [0, 0.05) is 17.5 Å². The van der Waals surface area contributed by atoms with Crippen LogP contribution in [-0.2, 0) is 35.9 Å². The Bertz CT molecular complexity index is 1840. The highest BCUT2D eigenvalue weighted by Crippen LogP contribution is 2.23. The summed E-state index contributed by atoms with van der Waals surface area (Å²) >= 11 is 1.03. The number of sulfone groups is 1. The molecule has 1 heterocycles. The van der Waals surface area contributed by atoms with Gasteiger partial charge in [0.2, 0.25) is 0 Å². The van der Waals surface area contributed by atoms with E-state index in [0.717, 1.165) is 23.2 Å². The normalized spacial score (nSPS) is 12.4. The van der Waals surface area contributed by atoms with Gasteiger partial charge in [-0.3, -0.25) is 14.3 Å². The molecule has 3 aromatic carbocycles. The Labute approximate surface area is 223 Å². The van der Waals surface area contributed by atoms with Crippen molar-refractivity contribution in [3.05, 3.63) is 82.7 Å². The third-order valence-electron chi connectivity index (χ3n) is 5.49. The Hall–Kier alpha value is -3.81. The number of amides is 1. The number of nitrogens with one attached hydrogen (secondary N) is 1. The molecule has 0 fully saturated rings. The van der Waals surface area contributed by atoms with Crippen LogP contribution in [0.2, 0.25) is 0 Å². The molecule has 1 amide bonds. The van der Waals surface area contributed by atoms with E-state index in [1.807, 2.05) is 6.92 Å². The number of nitrogens with zero attached hydrogens (tertiary/aromatic N) is 2. The first-order valence-electron chi connectivity index (χ1n) is 11.1. The van der Waals surface area contributed by atoms with Gasteiger partial charge in [-0.15, -0.1) is 0 Å². The predicted octanol–water partition coefficient (Wildman–Crippen LogP) is 3.13. The molecule has 1 aromatic heterocycles. The number of carbonyl (C=O) groups excluding carboxylic acids is 2. The summed E-state index contributed by atoms with van der Waals surface area (Å²) in [5, 5.41) is 0. The molecule has 0 unspecified atom stereocenters. The summed E-state index contributed by atoms with van der Waals surface area (Å²) in [5.41, 5.74) is 1.69. The van der Waals surface area contributed by atoms with Gasteiger partial charge < -0.3 is 9.30 Å². The number of sulfonamides is 1. The highest BCUT2D eigenvalue weighted by Gasteiger charge is 2.17. The molecular weight excluding hydrogens is 550 g/mol. The van der Waals surface area contributed by atoms with E-state index >= 15 is 0 Å². The van der Waals surface area contributed by atoms with E-state index < -0.39 is 31.7 Å². The van der Waals surface area contributed by atoms with Crippen LogP contribution < -0.4 is 9.52 Å². The minimum Gasteiger partial charge on any atom is -0.468 e. The second-order valence-electron chi connectivity index (χ2n) is 8.36. The van der Waals surface area contributed by atoms with Crippen molar-refractivity contribution in [2.75, 3.05) is 18.1 Å². The van der Waals surface area contributed by atoms with Crippen molar-refractivity contribution in [3.8, 4) is 0 Å². The van der Waals surface area contributed by atoms with Crippen LogP contribution in [0.4, 0.5) is 5.69 Å². The lowest BCUT2D eigenvalue weighted by Crippen LogP contribution is -2.22. The standard InChI is InChI=1S/C25H23N3O7S3/c1-16-7-9-19(10-8-16)38(33,34)27-18-6-4-5-17(13-18)24(30)26-25-28(15-23(29)35-2)21-12-11-20(37(3,31)32)14-22(21)36-25/h4-14,27H,15H2,1-3H3. The van der Waals surface area contributed by atoms with Gasteiger partial charge in [-0.25, -0.2) is 16.8 Å². The molecule has 0 spiro atoms. The van der Waals surface area contributed by atoms with Crippen molar-refractivity contribution in [2.24, 2.45) is 4.99 Å². The topological polar surface area (TPSA) is 141 Å². The lowest BCUT2D eigenvalue weighted by molar-refractivity contribution is -0.141. The number of hydrogen-bond acceptors (Lipinski definition) is 8. The van der Waals surface area contributed by atoms with E-state index in [9.17, 15) is 26.4 Å². The number of esters is 1. The summed E-state index contributed by atoms with van der Waals surface area (Å²) < 4.78 is 58.7. The number of benzene rings is 3. The summed E-state index contributed by atoms with van der Waals surface area (Å²) in [6.07, 6.45) is 1.08. The van der Waals surface area contributed by atoms with Gasteiger partial charge in [0.25, 0.3) is 15.9 Å². The van der Waals surface area contributed by atoms with Crippen molar-refractivity contribution in [1.82, 2.24) is 4.57 Å². The number of methoxy groups -OCH3 is 1. The molecule has 10 nitrogen and oxygen atoms in total. The summed E-state index contributed by atoms with van der Waals surface area (Å²) in [7, 11) is -6.14. The van der Waals surface area contributed by atoms with Gasteiger partial charge in [-0.2, -0.15) is 4.99 Å². The first-order chi connectivity index (χ1) is 17.9. The SMILES string of the molecule is COC(=O)Cn1c(=NC(=O)c2cccc(NS(=O)(=O)c3ccc(C)cc3)c2)sc2cc(S(C)(=O)=O)ccc21. The zero-order valence-electron chi connectivity index (χ0n) is 20.5. The largest absolute Gasteiger partial charge is 0.468 e. The molecule has 38 heavy (non-hydrogen) atoms. The number of hydrogen-bond donors (Lipinski definition) is 1. The van der Waals surface area contributed by atoms with Gasteiger partial charge in [0.1, 0.15) is 6.54 Å². The molecule has 0 saturated carbocycles. The molecule has 0 atom stereocenters. The third kappa shape index (κ3) is 6.01. The Morgan fingerprint density at radius 1 is 0.974 bits per heavy atom. The van der Waals surface area contributed by atoms with E-state index in [-0.39, 0.29) is 32.4 Å². The highest BCUT2D eigenvalue weighted by molar-refractivity contribution is 7.92. The van der Waals surface area contributed by atoms with Crippen LogP contribution in [0.1, 0.15) is 15.9 Å². The second kappa shape index (κ2) is 10.5. The molecule has 0 bridgehead atoms. The highest BCUT2D eigenvalue weighted by atomic mass is 32.2. The lowest BCUT2D eigenvalue weighted by atomic mass is 10.2. The van der Waals surface area contributed by atoms with Crippen LogP contribution in [-0.4, -0.2) is 46.6 Å². The summed E-state index contributed by atoms with van der Waals surface area (Å²) in [6, 6.07) is 16.6. The predicted molar refractivity (Wildman–Crippen MR) is 143 cm³/mol. The summed E-state index contributed by atoms with van der Waals surface area (Å²) in [4.78, 5) is 29.6. The molecular formula is C25H23N3O7S3. The summed E-state index contributed by atoms with van der Waals surface area (Å²) in [6.45, 7) is 1.59. The van der Waals surface area contributed by atoms with Crippen LogP contribution in [0.15, 0.2) is 81.5 Å². The Morgan fingerprint density at radius 3 is 2.32 bits per heavy atom. The fourth-order valence-corrected chi connectivity index (χ4v) is 6.35. The van der Waals surface area contributed by atoms with Crippen molar-refractivity contribution >= 4 is 59.0 Å². The minimum atomic E-state index is -3.88. The number of aromatic nitrogens is 1. The maximum absolute atomic E-state index is 13.1. The molecule has 13 heteroatoms. The zero-order chi connectivity index (χ0) is 27.7.